The molecule has 2 aliphatic rings. The molecular weight excluding hydrogens is 338 g/mol. The first kappa shape index (κ1) is 20.0. The highest BCUT2D eigenvalue weighted by Crippen LogP contribution is 2.23. The predicted octanol–water partition coefficient (Wildman–Crippen LogP) is 1.77. The van der Waals surface area contributed by atoms with Crippen molar-refractivity contribution in [1.29, 1.82) is 0 Å². The SMILES string of the molecule is CN=C(NCCN1CCN(c2cccc(C)c2C)CC1)NCC1CCCO1. The Morgan fingerprint density at radius 2 is 2.00 bits per heavy atom. The fraction of sp³-hybridized carbons (Fsp3) is 0.667. The normalized spacial score (nSPS) is 21.5. The van der Waals surface area contributed by atoms with E-state index in [9.17, 15) is 0 Å². The van der Waals surface area contributed by atoms with Gasteiger partial charge in [-0.2, -0.15) is 0 Å². The van der Waals surface area contributed by atoms with Crippen LogP contribution in [-0.2, 0) is 4.74 Å². The summed E-state index contributed by atoms with van der Waals surface area (Å²) in [5, 5.41) is 6.80. The van der Waals surface area contributed by atoms with Gasteiger partial charge >= 0.3 is 0 Å². The lowest BCUT2D eigenvalue weighted by atomic mass is 10.1. The second kappa shape index (κ2) is 9.95. The number of guanidine groups is 1. The summed E-state index contributed by atoms with van der Waals surface area (Å²) in [5.74, 6) is 0.875. The maximum absolute atomic E-state index is 5.65. The molecule has 1 unspecified atom stereocenters. The summed E-state index contributed by atoms with van der Waals surface area (Å²) < 4.78 is 5.65. The van der Waals surface area contributed by atoms with E-state index in [1.165, 1.54) is 23.2 Å². The number of anilines is 1. The summed E-state index contributed by atoms with van der Waals surface area (Å²) in [5.41, 5.74) is 4.18. The van der Waals surface area contributed by atoms with Gasteiger partial charge < -0.3 is 20.3 Å². The molecule has 2 saturated heterocycles. The quantitative estimate of drug-likeness (QED) is 0.588. The summed E-state index contributed by atoms with van der Waals surface area (Å²) >= 11 is 0. The number of hydrogen-bond donors (Lipinski definition) is 2. The fourth-order valence-electron chi connectivity index (χ4n) is 3.86. The smallest absolute Gasteiger partial charge is 0.191 e. The summed E-state index contributed by atoms with van der Waals surface area (Å²) in [6, 6.07) is 6.62. The first-order chi connectivity index (χ1) is 13.2. The van der Waals surface area contributed by atoms with Crippen molar-refractivity contribution in [3.05, 3.63) is 29.3 Å². The van der Waals surface area contributed by atoms with Crippen molar-refractivity contribution in [1.82, 2.24) is 15.5 Å². The molecule has 0 radical (unpaired) electrons. The summed E-state index contributed by atoms with van der Waals surface area (Å²) in [6.45, 7) is 12.5. The van der Waals surface area contributed by atoms with E-state index in [4.69, 9.17) is 4.74 Å². The molecule has 0 aliphatic carbocycles. The first-order valence-corrected chi connectivity index (χ1v) is 10.3. The molecule has 0 aromatic heterocycles. The zero-order valence-electron chi connectivity index (χ0n) is 17.1. The highest BCUT2D eigenvalue weighted by Gasteiger charge is 2.19. The van der Waals surface area contributed by atoms with Crippen molar-refractivity contribution in [3.63, 3.8) is 0 Å². The van der Waals surface area contributed by atoms with Crippen LogP contribution in [0.5, 0.6) is 0 Å². The molecular formula is C21H35N5O. The number of ether oxygens (including phenoxy) is 1. The predicted molar refractivity (Wildman–Crippen MR) is 113 cm³/mol. The molecule has 1 aromatic carbocycles. The van der Waals surface area contributed by atoms with Gasteiger partial charge in [0, 0.05) is 65.2 Å². The molecule has 0 spiro atoms. The van der Waals surface area contributed by atoms with Crippen molar-refractivity contribution >= 4 is 11.6 Å². The lowest BCUT2D eigenvalue weighted by Crippen LogP contribution is -2.49. The topological polar surface area (TPSA) is 52.1 Å². The summed E-state index contributed by atoms with van der Waals surface area (Å²) in [4.78, 5) is 9.37. The van der Waals surface area contributed by atoms with Gasteiger partial charge in [-0.15, -0.1) is 0 Å². The van der Waals surface area contributed by atoms with Gasteiger partial charge in [0.1, 0.15) is 0 Å². The van der Waals surface area contributed by atoms with Crippen molar-refractivity contribution in [3.8, 4) is 0 Å². The van der Waals surface area contributed by atoms with Gasteiger partial charge in [0.05, 0.1) is 6.10 Å². The number of hydrogen-bond acceptors (Lipinski definition) is 4. The molecule has 27 heavy (non-hydrogen) atoms. The van der Waals surface area contributed by atoms with Crippen LogP contribution in [0.15, 0.2) is 23.2 Å². The molecule has 0 amide bonds. The molecule has 6 heteroatoms. The van der Waals surface area contributed by atoms with E-state index in [-0.39, 0.29) is 0 Å². The third-order valence-corrected chi connectivity index (χ3v) is 5.75. The molecule has 1 aromatic rings. The molecule has 150 valence electrons. The molecule has 1 atom stereocenters. The van der Waals surface area contributed by atoms with Crippen LogP contribution >= 0.6 is 0 Å². The first-order valence-electron chi connectivity index (χ1n) is 10.3. The molecule has 2 heterocycles. The van der Waals surface area contributed by atoms with Crippen LogP contribution in [0.2, 0.25) is 0 Å². The second-order valence-electron chi connectivity index (χ2n) is 7.56. The maximum Gasteiger partial charge on any atom is 0.191 e. The van der Waals surface area contributed by atoms with Gasteiger partial charge in [-0.1, -0.05) is 12.1 Å². The van der Waals surface area contributed by atoms with Gasteiger partial charge in [0.15, 0.2) is 5.96 Å². The Morgan fingerprint density at radius 3 is 2.70 bits per heavy atom. The van der Waals surface area contributed by atoms with E-state index in [1.54, 1.807) is 0 Å². The van der Waals surface area contributed by atoms with Crippen LogP contribution in [0.25, 0.3) is 0 Å². The van der Waals surface area contributed by atoms with Crippen molar-refractivity contribution in [2.45, 2.75) is 32.8 Å². The fourth-order valence-corrected chi connectivity index (χ4v) is 3.86. The zero-order chi connectivity index (χ0) is 19.1. The lowest BCUT2D eigenvalue weighted by Gasteiger charge is -2.37. The Labute approximate surface area is 164 Å². The van der Waals surface area contributed by atoms with Crippen molar-refractivity contribution < 1.29 is 4.74 Å². The average Bonchev–Trinajstić information content (AvgIpc) is 3.21. The highest BCUT2D eigenvalue weighted by atomic mass is 16.5. The van der Waals surface area contributed by atoms with Crippen LogP contribution in [-0.4, -0.2) is 76.4 Å². The molecule has 2 N–H and O–H groups in total. The number of nitrogens with zero attached hydrogens (tertiary/aromatic N) is 3. The van der Waals surface area contributed by atoms with Crippen molar-refractivity contribution in [2.24, 2.45) is 4.99 Å². The van der Waals surface area contributed by atoms with E-state index in [0.29, 0.717) is 6.10 Å². The monoisotopic (exact) mass is 373 g/mol. The molecule has 6 nitrogen and oxygen atoms in total. The number of nitrogens with one attached hydrogen (secondary N) is 2. The van der Waals surface area contributed by atoms with Gasteiger partial charge in [0.25, 0.3) is 0 Å². The number of benzene rings is 1. The Balaban J connectivity index is 1.36. The van der Waals surface area contributed by atoms with Crippen LogP contribution < -0.4 is 15.5 Å². The molecule has 3 rings (SSSR count). The standard InChI is InChI=1S/C21H35N5O/c1-17-6-4-8-20(18(17)2)26-13-11-25(12-14-26)10-9-23-21(22-3)24-16-19-7-5-15-27-19/h4,6,8,19H,5,7,9-16H2,1-3H3,(H2,22,23,24). The lowest BCUT2D eigenvalue weighted by molar-refractivity contribution is 0.114. The van der Waals surface area contributed by atoms with Gasteiger partial charge in [-0.3, -0.25) is 9.89 Å². The van der Waals surface area contributed by atoms with E-state index in [0.717, 1.165) is 64.8 Å². The highest BCUT2D eigenvalue weighted by molar-refractivity contribution is 5.79. The minimum absolute atomic E-state index is 0.335. The van der Waals surface area contributed by atoms with Crippen LogP contribution in [0.4, 0.5) is 5.69 Å². The molecule has 0 bridgehead atoms. The number of rotatable bonds is 6. The third-order valence-electron chi connectivity index (χ3n) is 5.75. The average molecular weight is 374 g/mol. The Bertz CT molecular complexity index is 619. The van der Waals surface area contributed by atoms with Crippen LogP contribution in [0.1, 0.15) is 24.0 Å². The molecule has 0 saturated carbocycles. The number of aliphatic imine (C=N–C) groups is 1. The number of piperazine rings is 1. The zero-order valence-corrected chi connectivity index (χ0v) is 17.1. The van der Waals surface area contributed by atoms with E-state index in [1.807, 2.05) is 7.05 Å². The second-order valence-corrected chi connectivity index (χ2v) is 7.56. The van der Waals surface area contributed by atoms with Crippen LogP contribution in [0.3, 0.4) is 0 Å². The summed E-state index contributed by atoms with van der Waals surface area (Å²) in [6.07, 6.45) is 2.66. The van der Waals surface area contributed by atoms with Gasteiger partial charge in [0.2, 0.25) is 0 Å². The molecule has 2 aliphatic heterocycles. The maximum atomic E-state index is 5.65. The van der Waals surface area contributed by atoms with Gasteiger partial charge in [-0.05, 0) is 43.9 Å². The van der Waals surface area contributed by atoms with E-state index < -0.39 is 0 Å². The molecule has 2 fully saturated rings. The van der Waals surface area contributed by atoms with Gasteiger partial charge in [-0.25, -0.2) is 0 Å². The van der Waals surface area contributed by atoms with Crippen molar-refractivity contribution in [2.75, 3.05) is 64.4 Å². The minimum Gasteiger partial charge on any atom is -0.376 e. The summed E-state index contributed by atoms with van der Waals surface area (Å²) in [7, 11) is 1.83. The van der Waals surface area contributed by atoms with E-state index >= 15 is 0 Å². The van der Waals surface area contributed by atoms with E-state index in [2.05, 4.69) is 57.5 Å². The Kier molecular flexibility index (Phi) is 7.35. The Morgan fingerprint density at radius 1 is 1.19 bits per heavy atom. The Hall–Kier alpha value is -1.79. The number of aryl methyl sites for hydroxylation is 1. The largest absolute Gasteiger partial charge is 0.376 e. The third kappa shape index (κ3) is 5.59. The minimum atomic E-state index is 0.335. The van der Waals surface area contributed by atoms with Crippen LogP contribution in [0, 0.1) is 13.8 Å².